The van der Waals surface area contributed by atoms with Gasteiger partial charge in [0.15, 0.2) is 0 Å². The molecule has 0 aromatic heterocycles. The lowest BCUT2D eigenvalue weighted by atomic mass is 9.86. The van der Waals surface area contributed by atoms with Crippen LogP contribution in [0, 0.1) is 11.8 Å². The summed E-state index contributed by atoms with van der Waals surface area (Å²) >= 11 is 4.24. The Kier molecular flexibility index (Phi) is 12.6. The minimum absolute atomic E-state index is 0.0993. The van der Waals surface area contributed by atoms with Crippen LogP contribution in [-0.4, -0.2) is 35.2 Å². The van der Waals surface area contributed by atoms with Crippen LogP contribution < -0.4 is 5.32 Å². The largest absolute Gasteiger partial charge is 0.457 e. The molecule has 2 N–H and O–H groups in total. The number of esters is 1. The second-order valence-corrected chi connectivity index (χ2v) is 8.45. The monoisotopic (exact) mass is 575 g/mol. The highest BCUT2D eigenvalue weighted by Gasteiger charge is 2.34. The van der Waals surface area contributed by atoms with Crippen molar-refractivity contribution in [3.05, 3.63) is 32.0 Å². The number of aliphatic hydroxyl groups is 1. The van der Waals surface area contributed by atoms with Gasteiger partial charge >= 0.3 is 5.97 Å². The van der Waals surface area contributed by atoms with E-state index in [1.165, 1.54) is 13.0 Å². The predicted molar refractivity (Wildman–Crippen MR) is 118 cm³/mol. The molecule has 0 fully saturated rings. The van der Waals surface area contributed by atoms with Crippen LogP contribution in [-0.2, 0) is 14.3 Å². The van der Waals surface area contributed by atoms with E-state index in [1.54, 1.807) is 19.1 Å². The van der Waals surface area contributed by atoms with Gasteiger partial charge in [-0.1, -0.05) is 54.7 Å². The number of nitrogens with one attached hydrogen (secondary N) is 1. The van der Waals surface area contributed by atoms with E-state index in [4.69, 9.17) is 4.74 Å². The molecular formula is C18H27I2NO4. The van der Waals surface area contributed by atoms with Crippen LogP contribution in [0.3, 0.4) is 0 Å². The maximum Gasteiger partial charge on any atom is 0.331 e. The summed E-state index contributed by atoms with van der Waals surface area (Å²) in [7, 11) is 0. The average Bonchev–Trinajstić information content (AvgIpc) is 2.50. The highest BCUT2D eigenvalue weighted by Crippen LogP contribution is 2.23. The molecule has 142 valence electrons. The van der Waals surface area contributed by atoms with Crippen molar-refractivity contribution in [3.8, 4) is 0 Å². The molecule has 0 aliphatic rings. The first-order chi connectivity index (χ1) is 11.6. The third-order valence-electron chi connectivity index (χ3n) is 3.71. The van der Waals surface area contributed by atoms with Gasteiger partial charge in [-0.25, -0.2) is 4.79 Å². The van der Waals surface area contributed by atoms with Crippen molar-refractivity contribution in [1.29, 1.82) is 0 Å². The van der Waals surface area contributed by atoms with Gasteiger partial charge < -0.3 is 15.2 Å². The van der Waals surface area contributed by atoms with E-state index in [-0.39, 0.29) is 17.7 Å². The molecule has 5 atom stereocenters. The molecular weight excluding hydrogens is 548 g/mol. The zero-order chi connectivity index (χ0) is 19.6. The molecule has 0 saturated carbocycles. The predicted octanol–water partition coefficient (Wildman–Crippen LogP) is 3.90. The lowest BCUT2D eigenvalue weighted by Gasteiger charge is -2.33. The van der Waals surface area contributed by atoms with Crippen LogP contribution >= 0.6 is 45.2 Å². The molecule has 1 amide bonds. The molecule has 25 heavy (non-hydrogen) atoms. The first kappa shape index (κ1) is 24.6. The number of ether oxygens (including phenoxy) is 1. The molecule has 5 nitrogen and oxygen atoms in total. The summed E-state index contributed by atoms with van der Waals surface area (Å²) in [5, 5.41) is 13.3. The number of rotatable bonds is 9. The summed E-state index contributed by atoms with van der Waals surface area (Å²) in [6.45, 7) is 8.80. The normalized spacial score (nSPS) is 18.6. The zero-order valence-electron chi connectivity index (χ0n) is 15.2. The first-order valence-electron chi connectivity index (χ1n) is 8.03. The maximum atomic E-state index is 12.1. The number of hydrogen-bond donors (Lipinski definition) is 2. The molecule has 7 heteroatoms. The van der Waals surface area contributed by atoms with Crippen LogP contribution in [0.1, 0.15) is 34.6 Å². The second kappa shape index (κ2) is 12.9. The van der Waals surface area contributed by atoms with Gasteiger partial charge in [0.1, 0.15) is 6.10 Å². The van der Waals surface area contributed by atoms with Crippen molar-refractivity contribution in [2.75, 3.05) is 0 Å². The highest BCUT2D eigenvalue weighted by molar-refractivity contribution is 14.1. The number of hydrogen-bond acceptors (Lipinski definition) is 4. The molecule has 0 rings (SSSR count). The number of halogens is 2. The summed E-state index contributed by atoms with van der Waals surface area (Å²) < 4.78 is 8.43. The van der Waals surface area contributed by atoms with Crippen molar-refractivity contribution >= 4 is 57.1 Å². The number of amides is 1. The molecule has 0 saturated heterocycles. The minimum atomic E-state index is -0.708. The fourth-order valence-corrected chi connectivity index (χ4v) is 3.26. The van der Waals surface area contributed by atoms with Crippen molar-refractivity contribution in [2.45, 2.75) is 52.9 Å². The quantitative estimate of drug-likeness (QED) is 0.190. The number of aliphatic hydroxyl groups excluding tert-OH is 1. The molecule has 0 unspecified atom stereocenters. The summed E-state index contributed by atoms with van der Waals surface area (Å²) in [5.41, 5.74) is 0. The molecule has 0 aromatic rings. The third kappa shape index (κ3) is 10.3. The Bertz CT molecular complexity index is 527. The van der Waals surface area contributed by atoms with Crippen LogP contribution in [0.25, 0.3) is 0 Å². The standard InChI is InChI=1S/C18H27I2NO4/c1-11(9-10-19)17(24)13(3)18(14(4)21-15(5)22)25-16(23)8-6-7-12(2)20/h6-11,13-14,17-18,24H,1-5H3,(H,21,22)/b8-6+,10-9+,12-7-/t11-,13+,14-,17-,18+/m1/s1. The van der Waals surface area contributed by atoms with E-state index in [0.717, 1.165) is 3.58 Å². The summed E-state index contributed by atoms with van der Waals surface area (Å²) in [5.74, 6) is -1.18. The summed E-state index contributed by atoms with van der Waals surface area (Å²) in [4.78, 5) is 23.5. The van der Waals surface area contributed by atoms with Gasteiger partial charge in [-0.05, 0) is 44.1 Å². The molecule has 0 aliphatic carbocycles. The number of allylic oxidation sites excluding steroid dienone is 3. The van der Waals surface area contributed by atoms with Crippen molar-refractivity contribution < 1.29 is 19.4 Å². The fraction of sp³-hybridized carbons (Fsp3) is 0.556. The third-order valence-corrected chi connectivity index (χ3v) is 4.48. The number of carbonyl (C=O) groups excluding carboxylic acids is 2. The lowest BCUT2D eigenvalue weighted by Crippen LogP contribution is -2.49. The van der Waals surface area contributed by atoms with E-state index >= 15 is 0 Å². The van der Waals surface area contributed by atoms with Crippen molar-refractivity contribution in [2.24, 2.45) is 11.8 Å². The molecule has 0 spiro atoms. The van der Waals surface area contributed by atoms with Gasteiger partial charge in [0.2, 0.25) is 5.91 Å². The van der Waals surface area contributed by atoms with Crippen LogP contribution in [0.15, 0.2) is 32.0 Å². The van der Waals surface area contributed by atoms with Gasteiger partial charge in [-0.2, -0.15) is 0 Å². The lowest BCUT2D eigenvalue weighted by molar-refractivity contribution is -0.151. The second-order valence-electron chi connectivity index (χ2n) is 6.03. The van der Waals surface area contributed by atoms with Gasteiger partial charge in [0.25, 0.3) is 0 Å². The molecule has 0 bridgehead atoms. The Morgan fingerprint density at radius 3 is 2.28 bits per heavy atom. The maximum absolute atomic E-state index is 12.1. The topological polar surface area (TPSA) is 75.6 Å². The fourth-order valence-electron chi connectivity index (χ4n) is 2.40. The van der Waals surface area contributed by atoms with E-state index in [0.29, 0.717) is 0 Å². The average molecular weight is 575 g/mol. The van der Waals surface area contributed by atoms with Gasteiger partial charge in [-0.15, -0.1) is 0 Å². The smallest absolute Gasteiger partial charge is 0.331 e. The Hall–Kier alpha value is -0.420. The van der Waals surface area contributed by atoms with E-state index in [2.05, 4.69) is 50.5 Å². The Morgan fingerprint density at radius 1 is 1.20 bits per heavy atom. The van der Waals surface area contributed by atoms with Crippen LogP contribution in [0.5, 0.6) is 0 Å². The molecule has 0 aliphatic heterocycles. The van der Waals surface area contributed by atoms with Gasteiger partial charge in [0, 0.05) is 24.8 Å². The molecule has 0 aromatic carbocycles. The van der Waals surface area contributed by atoms with Gasteiger partial charge in [0.05, 0.1) is 12.1 Å². The molecule has 0 heterocycles. The molecule has 0 radical (unpaired) electrons. The van der Waals surface area contributed by atoms with Crippen molar-refractivity contribution in [3.63, 3.8) is 0 Å². The van der Waals surface area contributed by atoms with E-state index in [1.807, 2.05) is 30.9 Å². The van der Waals surface area contributed by atoms with Crippen molar-refractivity contribution in [1.82, 2.24) is 5.32 Å². The van der Waals surface area contributed by atoms with Gasteiger partial charge in [-0.3, -0.25) is 4.79 Å². The Labute approximate surface area is 177 Å². The van der Waals surface area contributed by atoms with E-state index in [9.17, 15) is 14.7 Å². The SMILES string of the molecule is CC(=O)N[C@H](C)[C@@H](OC(=O)/C=C/C=C(/C)I)[C@@H](C)[C@H](O)[C@H](C)/C=C/I. The number of carbonyl (C=O) groups is 2. The zero-order valence-corrected chi connectivity index (χ0v) is 19.5. The minimum Gasteiger partial charge on any atom is -0.457 e. The summed E-state index contributed by atoms with van der Waals surface area (Å²) in [6, 6.07) is -0.419. The first-order valence-corrected chi connectivity index (χ1v) is 10.4. The van der Waals surface area contributed by atoms with Crippen LogP contribution in [0.4, 0.5) is 0 Å². The Morgan fingerprint density at radius 2 is 1.80 bits per heavy atom. The van der Waals surface area contributed by atoms with E-state index < -0.39 is 24.2 Å². The van der Waals surface area contributed by atoms with Crippen LogP contribution in [0.2, 0.25) is 0 Å². The summed E-state index contributed by atoms with van der Waals surface area (Å²) in [6.07, 6.45) is 5.28. The highest BCUT2D eigenvalue weighted by atomic mass is 127. The Balaban J connectivity index is 5.27.